The van der Waals surface area contributed by atoms with Gasteiger partial charge in [-0.1, -0.05) is 18.2 Å². The molecule has 0 saturated carbocycles. The lowest BCUT2D eigenvalue weighted by Crippen LogP contribution is -2.08. The Morgan fingerprint density at radius 3 is 2.61 bits per heavy atom. The summed E-state index contributed by atoms with van der Waals surface area (Å²) in [6, 6.07) is 6.55. The van der Waals surface area contributed by atoms with Gasteiger partial charge < -0.3 is 5.11 Å². The number of halogens is 3. The van der Waals surface area contributed by atoms with Gasteiger partial charge in [0.25, 0.3) is 0 Å². The molecule has 0 amide bonds. The van der Waals surface area contributed by atoms with Gasteiger partial charge in [0.15, 0.2) is 11.3 Å². The standard InChI is InChI=1S/C15H10F3N3O2/c1-8-6-11(9-4-2-3-5-10(9)15(16,17)18)20-21-7-12(14(22)23)19-13(8)21/h2-7H,1H3,(H,22,23). The highest BCUT2D eigenvalue weighted by molar-refractivity contribution is 5.86. The molecule has 0 radical (unpaired) electrons. The zero-order valence-electron chi connectivity index (χ0n) is 11.8. The van der Waals surface area contributed by atoms with Crippen molar-refractivity contribution in [2.45, 2.75) is 13.1 Å². The second-order valence-electron chi connectivity index (χ2n) is 4.96. The summed E-state index contributed by atoms with van der Waals surface area (Å²) in [6.07, 6.45) is -3.34. The van der Waals surface area contributed by atoms with Crippen molar-refractivity contribution in [1.29, 1.82) is 0 Å². The van der Waals surface area contributed by atoms with Crippen LogP contribution < -0.4 is 0 Å². The predicted octanol–water partition coefficient (Wildman–Crippen LogP) is 3.42. The number of imidazole rings is 1. The van der Waals surface area contributed by atoms with Crippen molar-refractivity contribution in [3.05, 3.63) is 53.3 Å². The van der Waals surface area contributed by atoms with Crippen molar-refractivity contribution >= 4 is 11.6 Å². The van der Waals surface area contributed by atoms with E-state index in [4.69, 9.17) is 5.11 Å². The molecule has 2 heterocycles. The highest BCUT2D eigenvalue weighted by Gasteiger charge is 2.33. The maximum absolute atomic E-state index is 13.1. The number of carboxylic acid groups (broad SMARTS) is 1. The topological polar surface area (TPSA) is 67.5 Å². The van der Waals surface area contributed by atoms with E-state index in [1.165, 1.54) is 35.0 Å². The van der Waals surface area contributed by atoms with Crippen LogP contribution >= 0.6 is 0 Å². The Kier molecular flexibility index (Phi) is 3.32. The third kappa shape index (κ3) is 2.63. The fraction of sp³-hybridized carbons (Fsp3) is 0.133. The lowest BCUT2D eigenvalue weighted by atomic mass is 10.0. The lowest BCUT2D eigenvalue weighted by Gasteiger charge is -2.12. The second-order valence-corrected chi connectivity index (χ2v) is 4.96. The zero-order chi connectivity index (χ0) is 16.8. The van der Waals surface area contributed by atoms with Crippen molar-refractivity contribution in [2.24, 2.45) is 0 Å². The van der Waals surface area contributed by atoms with Crippen LogP contribution in [0.1, 0.15) is 21.6 Å². The largest absolute Gasteiger partial charge is 0.476 e. The molecule has 0 aliphatic heterocycles. The quantitative estimate of drug-likeness (QED) is 0.785. The Bertz CT molecular complexity index is 916. The second kappa shape index (κ2) is 5.08. The van der Waals surface area contributed by atoms with Crippen LogP contribution in [0.25, 0.3) is 16.9 Å². The highest BCUT2D eigenvalue weighted by atomic mass is 19.4. The maximum Gasteiger partial charge on any atom is 0.417 e. The molecule has 0 saturated heterocycles. The normalized spacial score (nSPS) is 11.8. The molecule has 1 aromatic carbocycles. The molecule has 1 N–H and O–H groups in total. The molecule has 3 aromatic rings. The van der Waals surface area contributed by atoms with E-state index in [0.29, 0.717) is 5.56 Å². The van der Waals surface area contributed by atoms with E-state index >= 15 is 0 Å². The summed E-state index contributed by atoms with van der Waals surface area (Å²) in [6.45, 7) is 1.63. The minimum atomic E-state index is -4.51. The van der Waals surface area contributed by atoms with E-state index < -0.39 is 17.7 Å². The molecule has 0 fully saturated rings. The molecule has 0 unspecified atom stereocenters. The van der Waals surface area contributed by atoms with Crippen LogP contribution in [0.3, 0.4) is 0 Å². The van der Waals surface area contributed by atoms with Crippen molar-refractivity contribution < 1.29 is 23.1 Å². The van der Waals surface area contributed by atoms with Crippen molar-refractivity contribution in [3.8, 4) is 11.3 Å². The van der Waals surface area contributed by atoms with Gasteiger partial charge in [0.1, 0.15) is 0 Å². The van der Waals surface area contributed by atoms with E-state index in [1.54, 1.807) is 6.92 Å². The van der Waals surface area contributed by atoms with E-state index in [-0.39, 0.29) is 22.6 Å². The van der Waals surface area contributed by atoms with E-state index in [2.05, 4.69) is 10.1 Å². The Balaban J connectivity index is 2.24. The van der Waals surface area contributed by atoms with Crippen LogP contribution in [0.5, 0.6) is 0 Å². The number of fused-ring (bicyclic) bond motifs is 1. The van der Waals surface area contributed by atoms with Crippen LogP contribution in [-0.4, -0.2) is 25.7 Å². The third-order valence-corrected chi connectivity index (χ3v) is 3.34. The van der Waals surface area contributed by atoms with Crippen molar-refractivity contribution in [2.75, 3.05) is 0 Å². The Labute approximate surface area is 128 Å². The number of aromatic carboxylic acids is 1. The smallest absolute Gasteiger partial charge is 0.417 e. The molecule has 118 valence electrons. The number of aromatic nitrogens is 3. The number of alkyl halides is 3. The van der Waals surface area contributed by atoms with Gasteiger partial charge in [-0.25, -0.2) is 14.3 Å². The number of nitrogens with zero attached hydrogens (tertiary/aromatic N) is 3. The van der Waals surface area contributed by atoms with Gasteiger partial charge in [0.2, 0.25) is 0 Å². The lowest BCUT2D eigenvalue weighted by molar-refractivity contribution is -0.137. The summed E-state index contributed by atoms with van der Waals surface area (Å²) >= 11 is 0. The number of rotatable bonds is 2. The van der Waals surface area contributed by atoms with E-state index in [0.717, 1.165) is 6.07 Å². The molecule has 2 aromatic heterocycles. The molecular weight excluding hydrogens is 311 g/mol. The monoisotopic (exact) mass is 321 g/mol. The summed E-state index contributed by atoms with van der Waals surface area (Å²) in [4.78, 5) is 14.9. The fourth-order valence-electron chi connectivity index (χ4n) is 2.32. The van der Waals surface area contributed by atoms with Gasteiger partial charge in [-0.3, -0.25) is 0 Å². The van der Waals surface area contributed by atoms with Crippen LogP contribution in [0, 0.1) is 6.92 Å². The molecule has 0 aliphatic carbocycles. The molecule has 0 atom stereocenters. The van der Waals surface area contributed by atoms with Gasteiger partial charge in [-0.2, -0.15) is 18.3 Å². The average molecular weight is 321 g/mol. The summed E-state index contributed by atoms with van der Waals surface area (Å²) < 4.78 is 40.6. The molecule has 23 heavy (non-hydrogen) atoms. The fourth-order valence-corrected chi connectivity index (χ4v) is 2.32. The predicted molar refractivity (Wildman–Crippen MR) is 75.1 cm³/mol. The highest BCUT2D eigenvalue weighted by Crippen LogP contribution is 2.36. The number of carbonyl (C=O) groups is 1. The molecule has 0 aliphatic rings. The first-order chi connectivity index (χ1) is 10.8. The van der Waals surface area contributed by atoms with E-state index in [1.807, 2.05) is 0 Å². The summed E-state index contributed by atoms with van der Waals surface area (Å²) in [7, 11) is 0. The Morgan fingerprint density at radius 2 is 1.96 bits per heavy atom. The molecule has 3 rings (SSSR count). The molecule has 0 spiro atoms. The van der Waals surface area contributed by atoms with Gasteiger partial charge in [0, 0.05) is 5.56 Å². The molecule has 0 bridgehead atoms. The van der Waals surface area contributed by atoms with Crippen molar-refractivity contribution in [1.82, 2.24) is 14.6 Å². The van der Waals surface area contributed by atoms with Crippen LogP contribution in [0.2, 0.25) is 0 Å². The minimum Gasteiger partial charge on any atom is -0.476 e. The first kappa shape index (κ1) is 15.0. The van der Waals surface area contributed by atoms with E-state index in [9.17, 15) is 18.0 Å². The number of hydrogen-bond acceptors (Lipinski definition) is 3. The van der Waals surface area contributed by atoms with Gasteiger partial charge in [-0.05, 0) is 24.6 Å². The first-order valence-corrected chi connectivity index (χ1v) is 6.54. The minimum absolute atomic E-state index is 0.0735. The maximum atomic E-state index is 13.1. The summed E-state index contributed by atoms with van der Waals surface area (Å²) in [5.74, 6) is -1.23. The Morgan fingerprint density at radius 1 is 1.26 bits per heavy atom. The summed E-state index contributed by atoms with van der Waals surface area (Å²) in [5, 5.41) is 13.0. The van der Waals surface area contributed by atoms with Gasteiger partial charge in [-0.15, -0.1) is 0 Å². The Hall–Kier alpha value is -2.90. The SMILES string of the molecule is Cc1cc(-c2ccccc2C(F)(F)F)nn2cc(C(=O)O)nc12. The van der Waals surface area contributed by atoms with Gasteiger partial charge in [0.05, 0.1) is 17.5 Å². The number of aryl methyl sites for hydroxylation is 1. The van der Waals surface area contributed by atoms with Gasteiger partial charge >= 0.3 is 12.1 Å². The third-order valence-electron chi connectivity index (χ3n) is 3.34. The number of carboxylic acids is 1. The molecular formula is C15H10F3N3O2. The van der Waals surface area contributed by atoms with Crippen molar-refractivity contribution in [3.63, 3.8) is 0 Å². The van der Waals surface area contributed by atoms with Crippen LogP contribution in [0.15, 0.2) is 36.5 Å². The van der Waals surface area contributed by atoms with Crippen LogP contribution in [0.4, 0.5) is 13.2 Å². The number of hydrogen-bond donors (Lipinski definition) is 1. The molecule has 8 heteroatoms. The number of benzene rings is 1. The average Bonchev–Trinajstić information content (AvgIpc) is 2.91. The molecule has 5 nitrogen and oxygen atoms in total. The van der Waals surface area contributed by atoms with Crippen LogP contribution in [-0.2, 0) is 6.18 Å². The zero-order valence-corrected chi connectivity index (χ0v) is 11.8. The summed E-state index contributed by atoms with van der Waals surface area (Å²) in [5.41, 5.74) is -0.186. The first-order valence-electron chi connectivity index (χ1n) is 6.54.